The lowest BCUT2D eigenvalue weighted by molar-refractivity contribution is 0.102. The lowest BCUT2D eigenvalue weighted by atomic mass is 10.2. The maximum absolute atomic E-state index is 15.1. The van der Waals surface area contributed by atoms with Gasteiger partial charge in [0.05, 0.1) is 10.6 Å². The number of nitrogens with zero attached hydrogens (tertiary/aromatic N) is 4. The average molecular weight is 649 g/mol. The van der Waals surface area contributed by atoms with Gasteiger partial charge in [0, 0.05) is 48.7 Å². The first-order valence-corrected chi connectivity index (χ1v) is 15.5. The molecule has 46 heavy (non-hydrogen) atoms. The van der Waals surface area contributed by atoms with Crippen molar-refractivity contribution in [3.8, 4) is 17.2 Å². The fourth-order valence-electron chi connectivity index (χ4n) is 4.25. The van der Waals surface area contributed by atoms with Gasteiger partial charge in [-0.2, -0.15) is 0 Å². The van der Waals surface area contributed by atoms with Crippen molar-refractivity contribution < 1.29 is 26.7 Å². The second-order valence-electron chi connectivity index (χ2n) is 10.3. The quantitative estimate of drug-likeness (QED) is 0.229. The summed E-state index contributed by atoms with van der Waals surface area (Å²) in [5.74, 6) is -1.67. The number of anilines is 3. The van der Waals surface area contributed by atoms with Gasteiger partial charge in [-0.15, -0.1) is 0 Å². The minimum absolute atomic E-state index is 0.00516. The molecule has 3 aromatic heterocycles. The third kappa shape index (κ3) is 6.99. The van der Waals surface area contributed by atoms with E-state index in [1.807, 2.05) is 0 Å². The Morgan fingerprint density at radius 3 is 2.30 bits per heavy atom. The van der Waals surface area contributed by atoms with Crippen LogP contribution in [0.4, 0.5) is 26.1 Å². The van der Waals surface area contributed by atoms with Gasteiger partial charge < -0.3 is 15.4 Å². The van der Waals surface area contributed by atoms with Gasteiger partial charge in [0.2, 0.25) is 0 Å². The number of aromatic nitrogens is 4. The van der Waals surface area contributed by atoms with Gasteiger partial charge >= 0.3 is 5.69 Å². The largest absolute Gasteiger partial charge is 0.454 e. The maximum Gasteiger partial charge on any atom is 0.335 e. The Bertz CT molecular complexity index is 2170. The van der Waals surface area contributed by atoms with E-state index in [1.54, 1.807) is 13.8 Å². The van der Waals surface area contributed by atoms with Crippen LogP contribution in [0.3, 0.4) is 0 Å². The molecule has 0 spiro atoms. The Balaban J connectivity index is 1.34. The van der Waals surface area contributed by atoms with Crippen molar-refractivity contribution in [2.45, 2.75) is 24.8 Å². The van der Waals surface area contributed by atoms with Crippen LogP contribution < -0.4 is 26.6 Å². The highest BCUT2D eigenvalue weighted by atomic mass is 32.2. The van der Waals surface area contributed by atoms with E-state index in [1.165, 1.54) is 65.5 Å². The van der Waals surface area contributed by atoms with Crippen molar-refractivity contribution in [2.24, 2.45) is 0 Å². The highest BCUT2D eigenvalue weighted by Crippen LogP contribution is 2.28. The third-order valence-electron chi connectivity index (χ3n) is 6.57. The predicted octanol–water partition coefficient (Wildman–Crippen LogP) is 4.84. The summed E-state index contributed by atoms with van der Waals surface area (Å²) in [5, 5.41) is 5.37. The molecule has 0 unspecified atom stereocenters. The van der Waals surface area contributed by atoms with Crippen LogP contribution in [-0.4, -0.2) is 39.7 Å². The summed E-state index contributed by atoms with van der Waals surface area (Å²) in [5.41, 5.74) is -1.97. The first-order valence-electron chi connectivity index (χ1n) is 13.6. The lowest BCUT2D eigenvalue weighted by Gasteiger charge is -2.16. The minimum Gasteiger partial charge on any atom is -0.454 e. The number of amides is 1. The lowest BCUT2D eigenvalue weighted by Crippen LogP contribution is -2.42. The van der Waals surface area contributed by atoms with Gasteiger partial charge in [0.25, 0.3) is 11.5 Å². The molecule has 0 aliphatic heterocycles. The average Bonchev–Trinajstić information content (AvgIpc) is 2.99. The molecular formula is C31H26F2N6O6S. The second kappa shape index (κ2) is 12.7. The number of benzene rings is 2. The zero-order valence-corrected chi connectivity index (χ0v) is 25.4. The molecule has 2 N–H and O–H groups in total. The van der Waals surface area contributed by atoms with Gasteiger partial charge in [0.1, 0.15) is 28.8 Å². The number of ether oxygens (including phenoxy) is 1. The molecule has 0 bridgehead atoms. The van der Waals surface area contributed by atoms with Crippen LogP contribution in [0.1, 0.15) is 30.2 Å². The Labute approximate surface area is 260 Å². The van der Waals surface area contributed by atoms with Crippen LogP contribution in [0.2, 0.25) is 0 Å². The Kier molecular flexibility index (Phi) is 8.78. The van der Waals surface area contributed by atoms with Crippen LogP contribution in [0.15, 0.2) is 99.8 Å². The van der Waals surface area contributed by atoms with E-state index in [9.17, 15) is 27.2 Å². The fraction of sp³-hybridized carbons (Fsp3) is 0.129. The van der Waals surface area contributed by atoms with Crippen LogP contribution in [0.5, 0.6) is 11.5 Å². The molecule has 5 aromatic rings. The normalized spacial score (nSPS) is 11.3. The van der Waals surface area contributed by atoms with Crippen LogP contribution in [0, 0.1) is 11.6 Å². The molecule has 0 aliphatic carbocycles. The summed E-state index contributed by atoms with van der Waals surface area (Å²) in [7, 11) is -3.41. The molecule has 12 nitrogen and oxygen atoms in total. The van der Waals surface area contributed by atoms with Gasteiger partial charge in [-0.05, 0) is 68.4 Å². The van der Waals surface area contributed by atoms with E-state index < -0.39 is 50.2 Å². The summed E-state index contributed by atoms with van der Waals surface area (Å²) in [6, 6.07) is 13.7. The van der Waals surface area contributed by atoms with Crippen molar-refractivity contribution in [2.75, 3.05) is 16.9 Å². The van der Waals surface area contributed by atoms with E-state index in [2.05, 4.69) is 20.6 Å². The van der Waals surface area contributed by atoms with Crippen molar-refractivity contribution in [1.82, 2.24) is 19.1 Å². The van der Waals surface area contributed by atoms with Crippen molar-refractivity contribution in [1.29, 1.82) is 0 Å². The smallest absolute Gasteiger partial charge is 0.335 e. The molecule has 236 valence electrons. The van der Waals surface area contributed by atoms with E-state index >= 15 is 4.39 Å². The van der Waals surface area contributed by atoms with Crippen molar-refractivity contribution >= 4 is 33.1 Å². The summed E-state index contributed by atoms with van der Waals surface area (Å²) in [6.07, 6.45) is 4.81. The van der Waals surface area contributed by atoms with Crippen LogP contribution in [0.25, 0.3) is 5.69 Å². The first-order chi connectivity index (χ1) is 21.8. The SMILES string of the molecule is CC(C)n1cc(C(=O)Nc2ccc(Oc3ccnc(Nc4ccc(S(C)(=O)=O)cn4)c3)c(F)c2)c(=O)n(-c2ccc(F)cc2)c1=O. The van der Waals surface area contributed by atoms with Gasteiger partial charge in [-0.1, -0.05) is 0 Å². The fourth-order valence-corrected chi connectivity index (χ4v) is 4.81. The summed E-state index contributed by atoms with van der Waals surface area (Å²) < 4.78 is 59.5. The number of hydrogen-bond donors (Lipinski definition) is 2. The van der Waals surface area contributed by atoms with Gasteiger partial charge in [0.15, 0.2) is 21.4 Å². The highest BCUT2D eigenvalue weighted by molar-refractivity contribution is 7.90. The number of sulfone groups is 1. The number of halogens is 2. The number of nitrogens with one attached hydrogen (secondary N) is 2. The van der Waals surface area contributed by atoms with E-state index in [-0.39, 0.29) is 33.6 Å². The van der Waals surface area contributed by atoms with Crippen LogP contribution in [-0.2, 0) is 9.84 Å². The van der Waals surface area contributed by atoms with Crippen LogP contribution >= 0.6 is 0 Å². The molecule has 0 fully saturated rings. The highest BCUT2D eigenvalue weighted by Gasteiger charge is 2.20. The molecule has 5 rings (SSSR count). The molecule has 0 aliphatic rings. The number of carbonyl (C=O) groups is 1. The molecular weight excluding hydrogens is 622 g/mol. The second-order valence-corrected chi connectivity index (χ2v) is 12.3. The number of carbonyl (C=O) groups excluding carboxylic acids is 1. The Morgan fingerprint density at radius 2 is 1.67 bits per heavy atom. The molecule has 0 saturated heterocycles. The zero-order valence-electron chi connectivity index (χ0n) is 24.6. The molecule has 0 saturated carbocycles. The predicted molar refractivity (Wildman–Crippen MR) is 166 cm³/mol. The Morgan fingerprint density at radius 1 is 0.935 bits per heavy atom. The standard InChI is InChI=1S/C31H26F2N6O6S/c1-18(2)38-17-24(30(41)39(31(38)42)21-7-4-19(32)5-8-21)29(40)36-20-6-10-26(25(33)14-20)45-22-12-13-34-28(15-22)37-27-11-9-23(16-35-27)46(3,43)44/h4-18H,1-3H3,(H,36,40)(H,34,35,37). The molecule has 0 atom stereocenters. The zero-order chi connectivity index (χ0) is 33.2. The van der Waals surface area contributed by atoms with E-state index in [0.717, 1.165) is 35.2 Å². The summed E-state index contributed by atoms with van der Waals surface area (Å²) in [6.45, 7) is 3.38. The Hall–Kier alpha value is -5.70. The molecule has 2 aromatic carbocycles. The molecule has 0 radical (unpaired) electrons. The topological polar surface area (TPSA) is 154 Å². The maximum atomic E-state index is 15.1. The third-order valence-corrected chi connectivity index (χ3v) is 7.67. The minimum atomic E-state index is -3.41. The van der Waals surface area contributed by atoms with E-state index in [0.29, 0.717) is 5.82 Å². The van der Waals surface area contributed by atoms with Gasteiger partial charge in [-0.3, -0.25) is 14.2 Å². The summed E-state index contributed by atoms with van der Waals surface area (Å²) >= 11 is 0. The number of hydrogen-bond acceptors (Lipinski definition) is 9. The van der Waals surface area contributed by atoms with E-state index in [4.69, 9.17) is 4.74 Å². The van der Waals surface area contributed by atoms with Crippen molar-refractivity contribution in [3.63, 3.8) is 0 Å². The molecule has 1 amide bonds. The van der Waals surface area contributed by atoms with Gasteiger partial charge in [-0.25, -0.2) is 36.5 Å². The molecule has 3 heterocycles. The van der Waals surface area contributed by atoms with Crippen molar-refractivity contribution in [3.05, 3.63) is 123 Å². The molecule has 15 heteroatoms. The monoisotopic (exact) mass is 648 g/mol. The number of pyridine rings is 2. The first kappa shape index (κ1) is 31.7. The summed E-state index contributed by atoms with van der Waals surface area (Å²) in [4.78, 5) is 47.8. The number of rotatable bonds is 9.